The van der Waals surface area contributed by atoms with Crippen molar-refractivity contribution in [2.24, 2.45) is 0 Å². The molecule has 0 atom stereocenters. The van der Waals surface area contributed by atoms with Crippen molar-refractivity contribution in [3.8, 4) is 6.01 Å². The van der Waals surface area contributed by atoms with Gasteiger partial charge in [0.1, 0.15) is 0 Å². The van der Waals surface area contributed by atoms with E-state index >= 15 is 0 Å². The Bertz CT molecular complexity index is 356. The van der Waals surface area contributed by atoms with Gasteiger partial charge in [0.05, 0.1) is 6.54 Å². The number of rotatable bonds is 0. The Morgan fingerprint density at radius 3 is 3.17 bits per heavy atom. The highest BCUT2D eigenvalue weighted by Crippen LogP contribution is 2.23. The first-order chi connectivity index (χ1) is 5.58. The van der Waals surface area contributed by atoms with E-state index in [2.05, 4.69) is 9.84 Å². The molecule has 2 rings (SSSR count). The Kier molecular flexibility index (Phi) is 1.24. The summed E-state index contributed by atoms with van der Waals surface area (Å²) in [7, 11) is 0. The predicted octanol–water partition coefficient (Wildman–Crippen LogP) is -0.401. The summed E-state index contributed by atoms with van der Waals surface area (Å²) in [6, 6.07) is -0.0778. The molecule has 1 aliphatic rings. The summed E-state index contributed by atoms with van der Waals surface area (Å²) < 4.78 is 30.5. The van der Waals surface area contributed by atoms with Gasteiger partial charge in [0.15, 0.2) is 6.61 Å². The lowest BCUT2D eigenvalue weighted by molar-refractivity contribution is -0.0783. The molecule has 1 aliphatic heterocycles. The van der Waals surface area contributed by atoms with Crippen molar-refractivity contribution >= 4 is 0 Å². The van der Waals surface area contributed by atoms with E-state index in [0.717, 1.165) is 4.57 Å². The molecule has 0 bridgehead atoms. The van der Waals surface area contributed by atoms with Crippen LogP contribution in [0, 0.1) is 0 Å². The van der Waals surface area contributed by atoms with Gasteiger partial charge in [-0.2, -0.15) is 0 Å². The molecule has 0 aliphatic carbocycles. The Morgan fingerprint density at radius 1 is 1.67 bits per heavy atom. The fourth-order valence-corrected chi connectivity index (χ4v) is 1.000. The summed E-state index contributed by atoms with van der Waals surface area (Å²) in [5.74, 6) is -2.99. The molecular weight excluding hydrogens is 172 g/mol. The fraction of sp³-hybridized carbons (Fsp3) is 0.600. The van der Waals surface area contributed by atoms with Crippen LogP contribution in [0.4, 0.5) is 8.78 Å². The van der Waals surface area contributed by atoms with Gasteiger partial charge in [0.2, 0.25) is 0 Å². The van der Waals surface area contributed by atoms with E-state index in [9.17, 15) is 13.6 Å². The first kappa shape index (κ1) is 7.26. The number of hydrogen-bond donors (Lipinski definition) is 1. The van der Waals surface area contributed by atoms with Crippen LogP contribution in [0.3, 0.4) is 0 Å². The van der Waals surface area contributed by atoms with Crippen molar-refractivity contribution in [1.82, 2.24) is 14.8 Å². The molecule has 0 amide bonds. The quantitative estimate of drug-likeness (QED) is 0.586. The maximum Gasteiger partial charge on any atom is 0.346 e. The molecule has 2 heterocycles. The van der Waals surface area contributed by atoms with Gasteiger partial charge < -0.3 is 4.74 Å². The third kappa shape index (κ3) is 0.973. The molecule has 5 nitrogen and oxygen atoms in total. The fourth-order valence-electron chi connectivity index (χ4n) is 1.000. The molecule has 12 heavy (non-hydrogen) atoms. The molecule has 0 radical (unpaired) electrons. The summed E-state index contributed by atoms with van der Waals surface area (Å²) in [5, 5.41) is 5.41. The summed E-state index contributed by atoms with van der Waals surface area (Å²) >= 11 is 0. The van der Waals surface area contributed by atoms with E-state index < -0.39 is 24.8 Å². The number of nitrogens with one attached hydrogen (secondary N) is 1. The van der Waals surface area contributed by atoms with Crippen molar-refractivity contribution in [3.05, 3.63) is 10.5 Å². The van der Waals surface area contributed by atoms with Crippen molar-refractivity contribution in [2.75, 3.05) is 6.61 Å². The standard InChI is InChI=1S/C5H5F2N3O2/c6-5(7)1-10-3(11)8-9-4(10)12-2-5/h1-2H2,(H,8,11). The number of halogens is 2. The number of aromatic nitrogens is 3. The van der Waals surface area contributed by atoms with Crippen molar-refractivity contribution in [2.45, 2.75) is 12.5 Å². The van der Waals surface area contributed by atoms with Crippen molar-refractivity contribution < 1.29 is 13.5 Å². The zero-order valence-electron chi connectivity index (χ0n) is 5.88. The predicted molar refractivity (Wildman–Crippen MR) is 33.3 cm³/mol. The van der Waals surface area contributed by atoms with Gasteiger partial charge in [0.25, 0.3) is 5.92 Å². The largest absolute Gasteiger partial charge is 0.457 e. The van der Waals surface area contributed by atoms with Gasteiger partial charge in [-0.05, 0) is 0 Å². The van der Waals surface area contributed by atoms with Crippen molar-refractivity contribution in [1.29, 1.82) is 0 Å². The molecule has 0 fully saturated rings. The number of ether oxygens (including phenoxy) is 1. The number of H-pyrrole nitrogens is 1. The lowest BCUT2D eigenvalue weighted by Crippen LogP contribution is -2.39. The van der Waals surface area contributed by atoms with Gasteiger partial charge in [-0.1, -0.05) is 0 Å². The Morgan fingerprint density at radius 2 is 2.42 bits per heavy atom. The third-order valence-corrected chi connectivity index (χ3v) is 1.53. The van der Waals surface area contributed by atoms with Gasteiger partial charge in [-0.25, -0.2) is 23.2 Å². The second-order valence-corrected chi connectivity index (χ2v) is 2.54. The van der Waals surface area contributed by atoms with E-state index in [1.54, 1.807) is 0 Å². The zero-order valence-corrected chi connectivity index (χ0v) is 5.88. The van der Waals surface area contributed by atoms with Gasteiger partial charge in [-0.15, -0.1) is 5.10 Å². The van der Waals surface area contributed by atoms with Crippen LogP contribution < -0.4 is 10.4 Å². The SMILES string of the molecule is O=c1[nH]nc2n1CC(F)(F)CO2. The molecule has 7 heteroatoms. The minimum absolute atomic E-state index is 0.0778. The van der Waals surface area contributed by atoms with Crippen LogP contribution in [0.5, 0.6) is 6.01 Å². The number of fused-ring (bicyclic) bond motifs is 1. The maximum atomic E-state index is 12.6. The van der Waals surface area contributed by atoms with Crippen LogP contribution in [-0.2, 0) is 6.54 Å². The highest BCUT2D eigenvalue weighted by molar-refractivity contribution is 4.98. The normalized spacial score (nSPS) is 19.8. The third-order valence-electron chi connectivity index (χ3n) is 1.53. The zero-order chi connectivity index (χ0) is 8.77. The summed E-state index contributed by atoms with van der Waals surface area (Å²) in [6.45, 7) is -1.39. The average molecular weight is 177 g/mol. The minimum Gasteiger partial charge on any atom is -0.457 e. The molecule has 1 aromatic rings. The van der Waals surface area contributed by atoms with Gasteiger partial charge in [0, 0.05) is 0 Å². The van der Waals surface area contributed by atoms with Crippen LogP contribution in [0.1, 0.15) is 0 Å². The number of nitrogens with zero attached hydrogens (tertiary/aromatic N) is 2. The number of alkyl halides is 2. The smallest absolute Gasteiger partial charge is 0.346 e. The molecule has 0 saturated carbocycles. The monoisotopic (exact) mass is 177 g/mol. The second kappa shape index (κ2) is 2.05. The topological polar surface area (TPSA) is 59.9 Å². The minimum atomic E-state index is -2.99. The molecule has 1 N–H and O–H groups in total. The second-order valence-electron chi connectivity index (χ2n) is 2.54. The summed E-state index contributed by atoms with van der Waals surface area (Å²) in [5.41, 5.74) is -0.677. The summed E-state index contributed by atoms with van der Waals surface area (Å²) in [4.78, 5) is 10.8. The molecule has 0 spiro atoms. The number of aromatic amines is 1. The Hall–Kier alpha value is -1.40. The Labute approximate surface area is 65.0 Å². The van der Waals surface area contributed by atoms with Crippen LogP contribution in [0.25, 0.3) is 0 Å². The van der Waals surface area contributed by atoms with Crippen LogP contribution in [-0.4, -0.2) is 27.3 Å². The lowest BCUT2D eigenvalue weighted by atomic mass is 10.3. The molecule has 0 unspecified atom stereocenters. The highest BCUT2D eigenvalue weighted by Gasteiger charge is 2.37. The molecule has 0 aromatic carbocycles. The highest BCUT2D eigenvalue weighted by atomic mass is 19.3. The van der Waals surface area contributed by atoms with Gasteiger partial charge >= 0.3 is 11.7 Å². The van der Waals surface area contributed by atoms with Crippen LogP contribution >= 0.6 is 0 Å². The number of hydrogen-bond acceptors (Lipinski definition) is 3. The molecule has 0 saturated heterocycles. The lowest BCUT2D eigenvalue weighted by Gasteiger charge is -2.21. The van der Waals surface area contributed by atoms with Crippen molar-refractivity contribution in [3.63, 3.8) is 0 Å². The van der Waals surface area contributed by atoms with E-state index in [-0.39, 0.29) is 6.01 Å². The van der Waals surface area contributed by atoms with Crippen LogP contribution in [0.2, 0.25) is 0 Å². The summed E-state index contributed by atoms with van der Waals surface area (Å²) in [6.07, 6.45) is 0. The molecule has 66 valence electrons. The Balaban J connectivity index is 2.45. The molecular formula is C5H5F2N3O2. The van der Waals surface area contributed by atoms with E-state index in [1.807, 2.05) is 5.10 Å². The van der Waals surface area contributed by atoms with Crippen LogP contribution in [0.15, 0.2) is 4.79 Å². The average Bonchev–Trinajstić information content (AvgIpc) is 2.31. The van der Waals surface area contributed by atoms with E-state index in [0.29, 0.717) is 0 Å². The molecule has 1 aromatic heterocycles. The van der Waals surface area contributed by atoms with E-state index in [1.165, 1.54) is 0 Å². The maximum absolute atomic E-state index is 12.6. The first-order valence-corrected chi connectivity index (χ1v) is 3.24. The van der Waals surface area contributed by atoms with E-state index in [4.69, 9.17) is 0 Å². The first-order valence-electron chi connectivity index (χ1n) is 3.24. The van der Waals surface area contributed by atoms with Gasteiger partial charge in [-0.3, -0.25) is 0 Å².